The Kier molecular flexibility index (Phi) is 2.96. The first-order valence-electron chi connectivity index (χ1n) is 4.39. The van der Waals surface area contributed by atoms with Gasteiger partial charge in [0.15, 0.2) is 5.82 Å². The van der Waals surface area contributed by atoms with Gasteiger partial charge in [-0.25, -0.2) is 4.98 Å². The van der Waals surface area contributed by atoms with E-state index in [1.165, 1.54) is 0 Å². The number of hydrogen-bond acceptors (Lipinski definition) is 5. The summed E-state index contributed by atoms with van der Waals surface area (Å²) in [5.74, 6) is 1.95. The highest BCUT2D eigenvalue weighted by Gasteiger charge is 2.01. The Morgan fingerprint density at radius 2 is 2.27 bits per heavy atom. The van der Waals surface area contributed by atoms with Crippen LogP contribution in [0.4, 0.5) is 5.82 Å². The standard InChI is InChI=1S/C9H9BrN4O/c1-6-12-9(14-15-6)5-11-8-4-2-3-7(10)13-8/h2-4H,5H2,1H3,(H,11,13). The molecule has 0 unspecified atom stereocenters. The zero-order valence-corrected chi connectivity index (χ0v) is 9.65. The van der Waals surface area contributed by atoms with E-state index in [0.717, 1.165) is 10.4 Å². The molecule has 0 aliphatic carbocycles. The first-order chi connectivity index (χ1) is 7.24. The number of aryl methyl sites for hydroxylation is 1. The maximum atomic E-state index is 4.85. The minimum atomic E-state index is 0.501. The van der Waals surface area contributed by atoms with Crippen molar-refractivity contribution >= 4 is 21.7 Å². The Morgan fingerprint density at radius 1 is 1.40 bits per heavy atom. The van der Waals surface area contributed by atoms with Gasteiger partial charge in [-0.05, 0) is 28.1 Å². The molecule has 5 nitrogen and oxygen atoms in total. The maximum absolute atomic E-state index is 4.85. The van der Waals surface area contributed by atoms with Gasteiger partial charge < -0.3 is 9.84 Å². The first kappa shape index (κ1) is 10.1. The molecular formula is C9H9BrN4O. The average molecular weight is 269 g/mol. The molecule has 0 aliphatic heterocycles. The molecule has 0 saturated carbocycles. The molecule has 2 heterocycles. The van der Waals surface area contributed by atoms with Crippen molar-refractivity contribution in [2.75, 3.05) is 5.32 Å². The van der Waals surface area contributed by atoms with E-state index in [1.807, 2.05) is 18.2 Å². The summed E-state index contributed by atoms with van der Waals surface area (Å²) < 4.78 is 5.63. The zero-order chi connectivity index (χ0) is 10.7. The third kappa shape index (κ3) is 2.76. The molecular weight excluding hydrogens is 260 g/mol. The van der Waals surface area contributed by atoms with Crippen LogP contribution in [-0.2, 0) is 6.54 Å². The van der Waals surface area contributed by atoms with Gasteiger partial charge in [-0.15, -0.1) is 0 Å². The molecule has 0 aliphatic rings. The molecule has 6 heteroatoms. The second-order valence-corrected chi connectivity index (χ2v) is 3.74. The van der Waals surface area contributed by atoms with Crippen LogP contribution in [0.25, 0.3) is 0 Å². The van der Waals surface area contributed by atoms with E-state index >= 15 is 0 Å². The van der Waals surface area contributed by atoms with Gasteiger partial charge in [-0.3, -0.25) is 0 Å². The summed E-state index contributed by atoms with van der Waals surface area (Å²) in [5, 5.41) is 6.85. The summed E-state index contributed by atoms with van der Waals surface area (Å²) in [6.07, 6.45) is 0. The lowest BCUT2D eigenvalue weighted by Crippen LogP contribution is -2.02. The van der Waals surface area contributed by atoms with Crippen molar-refractivity contribution < 1.29 is 4.52 Å². The summed E-state index contributed by atoms with van der Waals surface area (Å²) in [6, 6.07) is 5.64. The van der Waals surface area contributed by atoms with E-state index in [0.29, 0.717) is 18.3 Å². The lowest BCUT2D eigenvalue weighted by Gasteiger charge is -2.01. The van der Waals surface area contributed by atoms with E-state index in [2.05, 4.69) is 36.4 Å². The molecule has 0 aromatic carbocycles. The summed E-state index contributed by atoms with van der Waals surface area (Å²) >= 11 is 3.29. The van der Waals surface area contributed by atoms with Crippen LogP contribution in [-0.4, -0.2) is 15.1 Å². The zero-order valence-electron chi connectivity index (χ0n) is 8.07. The smallest absolute Gasteiger partial charge is 0.223 e. The van der Waals surface area contributed by atoms with Crippen LogP contribution in [0.15, 0.2) is 27.3 Å². The number of rotatable bonds is 3. The normalized spacial score (nSPS) is 10.3. The Bertz CT molecular complexity index is 457. The fraction of sp³-hybridized carbons (Fsp3) is 0.222. The minimum Gasteiger partial charge on any atom is -0.363 e. The third-order valence-electron chi connectivity index (χ3n) is 1.71. The lowest BCUT2D eigenvalue weighted by molar-refractivity contribution is 0.388. The molecule has 0 bridgehead atoms. The number of nitrogens with one attached hydrogen (secondary N) is 1. The highest BCUT2D eigenvalue weighted by Crippen LogP contribution is 2.10. The van der Waals surface area contributed by atoms with Crippen LogP contribution >= 0.6 is 15.9 Å². The Morgan fingerprint density at radius 3 is 2.93 bits per heavy atom. The summed E-state index contributed by atoms with van der Waals surface area (Å²) in [7, 11) is 0. The van der Waals surface area contributed by atoms with Crippen molar-refractivity contribution in [3.8, 4) is 0 Å². The van der Waals surface area contributed by atoms with Gasteiger partial charge >= 0.3 is 0 Å². The Hall–Kier alpha value is -1.43. The van der Waals surface area contributed by atoms with Gasteiger partial charge in [0.1, 0.15) is 10.4 Å². The second kappa shape index (κ2) is 4.39. The molecule has 1 N–H and O–H groups in total. The molecule has 0 saturated heterocycles. The lowest BCUT2D eigenvalue weighted by atomic mass is 10.4. The first-order valence-corrected chi connectivity index (χ1v) is 5.19. The SMILES string of the molecule is Cc1nc(CNc2cccc(Br)n2)no1. The molecule has 78 valence electrons. The van der Waals surface area contributed by atoms with E-state index in [1.54, 1.807) is 6.92 Å². The fourth-order valence-corrected chi connectivity index (χ4v) is 1.43. The van der Waals surface area contributed by atoms with Crippen LogP contribution in [0.5, 0.6) is 0 Å². The third-order valence-corrected chi connectivity index (χ3v) is 2.15. The highest BCUT2D eigenvalue weighted by molar-refractivity contribution is 9.10. The number of pyridine rings is 1. The molecule has 0 atom stereocenters. The van der Waals surface area contributed by atoms with E-state index in [4.69, 9.17) is 4.52 Å². The van der Waals surface area contributed by atoms with E-state index in [9.17, 15) is 0 Å². The predicted octanol–water partition coefficient (Wildman–Crippen LogP) is 2.15. The second-order valence-electron chi connectivity index (χ2n) is 2.93. The van der Waals surface area contributed by atoms with Crippen molar-refractivity contribution in [2.45, 2.75) is 13.5 Å². The van der Waals surface area contributed by atoms with Gasteiger partial charge in [0.2, 0.25) is 5.89 Å². The monoisotopic (exact) mass is 268 g/mol. The molecule has 2 aromatic heterocycles. The molecule has 2 aromatic rings. The van der Waals surface area contributed by atoms with E-state index < -0.39 is 0 Å². The molecule has 15 heavy (non-hydrogen) atoms. The Labute approximate surface area is 95.0 Å². The average Bonchev–Trinajstić information content (AvgIpc) is 2.62. The van der Waals surface area contributed by atoms with Crippen LogP contribution in [0.3, 0.4) is 0 Å². The van der Waals surface area contributed by atoms with Crippen molar-refractivity contribution in [3.05, 3.63) is 34.5 Å². The largest absolute Gasteiger partial charge is 0.363 e. The van der Waals surface area contributed by atoms with Crippen LogP contribution in [0, 0.1) is 6.92 Å². The van der Waals surface area contributed by atoms with Crippen molar-refractivity contribution in [2.24, 2.45) is 0 Å². The summed E-state index contributed by atoms with van der Waals surface area (Å²) in [6.45, 7) is 2.26. The quantitative estimate of drug-likeness (QED) is 0.865. The number of nitrogens with zero attached hydrogens (tertiary/aromatic N) is 3. The van der Waals surface area contributed by atoms with Gasteiger partial charge in [0, 0.05) is 6.92 Å². The van der Waals surface area contributed by atoms with Crippen molar-refractivity contribution in [1.82, 2.24) is 15.1 Å². The van der Waals surface area contributed by atoms with E-state index in [-0.39, 0.29) is 0 Å². The molecule has 0 spiro atoms. The van der Waals surface area contributed by atoms with Gasteiger partial charge in [0.25, 0.3) is 0 Å². The topological polar surface area (TPSA) is 63.8 Å². The van der Waals surface area contributed by atoms with Crippen LogP contribution in [0.1, 0.15) is 11.7 Å². The van der Waals surface area contributed by atoms with Crippen molar-refractivity contribution in [3.63, 3.8) is 0 Å². The molecule has 2 rings (SSSR count). The fourth-order valence-electron chi connectivity index (χ4n) is 1.09. The highest BCUT2D eigenvalue weighted by atomic mass is 79.9. The number of hydrogen-bond donors (Lipinski definition) is 1. The number of anilines is 1. The molecule has 0 radical (unpaired) electrons. The summed E-state index contributed by atoms with van der Waals surface area (Å²) in [4.78, 5) is 8.28. The van der Waals surface area contributed by atoms with Crippen LogP contribution < -0.4 is 5.32 Å². The number of halogens is 1. The summed E-state index contributed by atoms with van der Waals surface area (Å²) in [5.41, 5.74) is 0. The predicted molar refractivity (Wildman–Crippen MR) is 58.3 cm³/mol. The number of aromatic nitrogens is 3. The van der Waals surface area contributed by atoms with Crippen LogP contribution in [0.2, 0.25) is 0 Å². The van der Waals surface area contributed by atoms with Gasteiger partial charge in [-0.1, -0.05) is 11.2 Å². The van der Waals surface area contributed by atoms with Gasteiger partial charge in [-0.2, -0.15) is 4.98 Å². The minimum absolute atomic E-state index is 0.501. The molecule has 0 fully saturated rings. The van der Waals surface area contributed by atoms with Gasteiger partial charge in [0.05, 0.1) is 6.54 Å². The maximum Gasteiger partial charge on any atom is 0.223 e. The molecule has 0 amide bonds. The van der Waals surface area contributed by atoms with Crippen molar-refractivity contribution in [1.29, 1.82) is 0 Å². The Balaban J connectivity index is 1.99.